The van der Waals surface area contributed by atoms with E-state index in [0.29, 0.717) is 25.3 Å². The van der Waals surface area contributed by atoms with E-state index in [0.717, 1.165) is 5.75 Å². The average Bonchev–Trinajstić information content (AvgIpc) is 2.67. The molecular formula is C21H27N3O5. The van der Waals surface area contributed by atoms with Gasteiger partial charge in [-0.1, -0.05) is 32.9 Å². The Morgan fingerprint density at radius 1 is 1.14 bits per heavy atom. The van der Waals surface area contributed by atoms with Crippen molar-refractivity contribution in [3.63, 3.8) is 0 Å². The molecule has 2 aromatic carbocycles. The number of nitro benzene ring substituents is 1. The number of amides is 2. The number of carbonyl (C=O) groups excluding carboxylic acids is 1. The van der Waals surface area contributed by atoms with E-state index in [9.17, 15) is 14.9 Å². The Morgan fingerprint density at radius 3 is 2.41 bits per heavy atom. The van der Waals surface area contributed by atoms with Crippen LogP contribution >= 0.6 is 0 Å². The zero-order valence-corrected chi connectivity index (χ0v) is 17.2. The summed E-state index contributed by atoms with van der Waals surface area (Å²) in [5.41, 5.74) is 1.58. The molecule has 0 aliphatic carbocycles. The van der Waals surface area contributed by atoms with Gasteiger partial charge in [-0.15, -0.1) is 0 Å². The number of anilines is 1. The summed E-state index contributed by atoms with van der Waals surface area (Å²) in [7, 11) is 1.38. The molecule has 0 saturated heterocycles. The topological polar surface area (TPSA) is 103 Å². The van der Waals surface area contributed by atoms with Gasteiger partial charge >= 0.3 is 6.03 Å². The highest BCUT2D eigenvalue weighted by Crippen LogP contribution is 2.29. The maximum absolute atomic E-state index is 12.0. The molecule has 0 atom stereocenters. The first-order valence-electron chi connectivity index (χ1n) is 9.31. The van der Waals surface area contributed by atoms with Gasteiger partial charge in [0.2, 0.25) is 0 Å². The molecule has 0 aromatic heterocycles. The Bertz CT molecular complexity index is 844. The third kappa shape index (κ3) is 6.67. The lowest BCUT2D eigenvalue weighted by Crippen LogP contribution is -2.30. The minimum atomic E-state index is -0.525. The number of non-ortho nitro benzene ring substituents is 1. The molecule has 2 rings (SSSR count). The van der Waals surface area contributed by atoms with Crippen LogP contribution in [0.3, 0.4) is 0 Å². The molecule has 2 aromatic rings. The highest BCUT2D eigenvalue weighted by Gasteiger charge is 2.14. The van der Waals surface area contributed by atoms with Crippen molar-refractivity contribution in [2.24, 2.45) is 0 Å². The van der Waals surface area contributed by atoms with E-state index in [1.54, 1.807) is 0 Å². The van der Waals surface area contributed by atoms with Crippen LogP contribution in [0.5, 0.6) is 11.5 Å². The molecule has 0 unspecified atom stereocenters. The summed E-state index contributed by atoms with van der Waals surface area (Å²) in [4.78, 5) is 22.3. The Labute approximate surface area is 170 Å². The molecular weight excluding hydrogens is 374 g/mol. The van der Waals surface area contributed by atoms with Gasteiger partial charge in [0.15, 0.2) is 0 Å². The second kappa shape index (κ2) is 9.77. The molecule has 156 valence electrons. The average molecular weight is 401 g/mol. The second-order valence-corrected chi connectivity index (χ2v) is 7.50. The van der Waals surface area contributed by atoms with Crippen molar-refractivity contribution in [3.05, 3.63) is 58.1 Å². The van der Waals surface area contributed by atoms with E-state index in [4.69, 9.17) is 9.47 Å². The molecule has 0 saturated carbocycles. The lowest BCUT2D eigenvalue weighted by Gasteiger charge is -2.19. The summed E-state index contributed by atoms with van der Waals surface area (Å²) in [6.45, 7) is 7.36. The van der Waals surface area contributed by atoms with Gasteiger partial charge in [0, 0.05) is 12.6 Å². The Kier molecular flexibility index (Phi) is 7.41. The van der Waals surface area contributed by atoms with Crippen LogP contribution in [0.1, 0.15) is 32.8 Å². The minimum Gasteiger partial charge on any atom is -0.494 e. The molecule has 0 heterocycles. The number of hydrogen-bond donors (Lipinski definition) is 2. The van der Waals surface area contributed by atoms with E-state index < -0.39 is 11.0 Å². The fourth-order valence-corrected chi connectivity index (χ4v) is 2.58. The van der Waals surface area contributed by atoms with Crippen LogP contribution in [0.15, 0.2) is 42.5 Å². The van der Waals surface area contributed by atoms with E-state index in [2.05, 4.69) is 43.5 Å². The standard InChI is InChI=1S/C21H27N3O5/c1-21(2,3)15-6-9-17(10-7-15)29-13-5-12-22-20(25)23-18-11-8-16(24(26)27)14-19(18)28-4/h6-11,14H,5,12-13H2,1-4H3,(H2,22,23,25). The number of benzene rings is 2. The summed E-state index contributed by atoms with van der Waals surface area (Å²) in [6, 6.07) is 11.6. The molecule has 0 bridgehead atoms. The van der Waals surface area contributed by atoms with E-state index in [-0.39, 0.29) is 16.9 Å². The molecule has 29 heavy (non-hydrogen) atoms. The van der Waals surface area contributed by atoms with E-state index in [1.165, 1.54) is 30.9 Å². The number of nitro groups is 1. The predicted molar refractivity (Wildman–Crippen MR) is 112 cm³/mol. The maximum atomic E-state index is 12.0. The number of nitrogens with zero attached hydrogens (tertiary/aromatic N) is 1. The molecule has 8 heteroatoms. The summed E-state index contributed by atoms with van der Waals surface area (Å²) >= 11 is 0. The number of carbonyl (C=O) groups is 1. The highest BCUT2D eigenvalue weighted by atomic mass is 16.6. The van der Waals surface area contributed by atoms with Crippen molar-refractivity contribution in [3.8, 4) is 11.5 Å². The lowest BCUT2D eigenvalue weighted by atomic mass is 9.87. The van der Waals surface area contributed by atoms with Crippen LogP contribution in [0, 0.1) is 10.1 Å². The summed E-state index contributed by atoms with van der Waals surface area (Å²) in [5, 5.41) is 16.1. The van der Waals surface area contributed by atoms with Gasteiger partial charge in [0.05, 0.1) is 30.4 Å². The molecule has 0 spiro atoms. The number of nitrogens with one attached hydrogen (secondary N) is 2. The van der Waals surface area contributed by atoms with Crippen molar-refractivity contribution in [1.82, 2.24) is 5.32 Å². The van der Waals surface area contributed by atoms with Crippen LogP contribution in [-0.2, 0) is 5.41 Å². The Balaban J connectivity index is 1.74. The van der Waals surface area contributed by atoms with Crippen LogP contribution in [0.4, 0.5) is 16.2 Å². The minimum absolute atomic E-state index is 0.0994. The first-order valence-corrected chi connectivity index (χ1v) is 9.31. The number of ether oxygens (including phenoxy) is 2. The summed E-state index contributed by atoms with van der Waals surface area (Å²) < 4.78 is 10.8. The largest absolute Gasteiger partial charge is 0.494 e. The number of rotatable bonds is 8. The summed E-state index contributed by atoms with van der Waals surface area (Å²) in [6.07, 6.45) is 0.631. The van der Waals surface area contributed by atoms with Gasteiger partial charge in [-0.25, -0.2) is 4.79 Å². The molecule has 2 amide bonds. The van der Waals surface area contributed by atoms with Crippen LogP contribution in [-0.4, -0.2) is 31.2 Å². The predicted octanol–water partition coefficient (Wildman–Crippen LogP) is 4.49. The van der Waals surface area contributed by atoms with Crippen molar-refractivity contribution in [2.75, 3.05) is 25.6 Å². The highest BCUT2D eigenvalue weighted by molar-refractivity contribution is 5.91. The van der Waals surface area contributed by atoms with Gasteiger partial charge in [-0.3, -0.25) is 10.1 Å². The SMILES string of the molecule is COc1cc([N+](=O)[O-])ccc1NC(=O)NCCCOc1ccc(C(C)(C)C)cc1. The first-order chi connectivity index (χ1) is 13.7. The zero-order valence-electron chi connectivity index (χ0n) is 17.2. The van der Waals surface area contributed by atoms with Gasteiger partial charge in [0.1, 0.15) is 11.5 Å². The van der Waals surface area contributed by atoms with E-state index in [1.807, 2.05) is 12.1 Å². The third-order valence-electron chi connectivity index (χ3n) is 4.24. The van der Waals surface area contributed by atoms with Crippen molar-refractivity contribution in [2.45, 2.75) is 32.6 Å². The smallest absolute Gasteiger partial charge is 0.319 e. The van der Waals surface area contributed by atoms with Gasteiger partial charge < -0.3 is 20.1 Å². The fourth-order valence-electron chi connectivity index (χ4n) is 2.58. The lowest BCUT2D eigenvalue weighted by molar-refractivity contribution is -0.384. The Hall–Kier alpha value is -3.29. The number of methoxy groups -OCH3 is 1. The monoisotopic (exact) mass is 401 g/mol. The fraction of sp³-hybridized carbons (Fsp3) is 0.381. The number of urea groups is 1. The van der Waals surface area contributed by atoms with Crippen LogP contribution in [0.2, 0.25) is 0 Å². The first kappa shape index (κ1) is 22.0. The molecule has 0 aliphatic rings. The van der Waals surface area contributed by atoms with Crippen LogP contribution < -0.4 is 20.1 Å². The second-order valence-electron chi connectivity index (χ2n) is 7.50. The van der Waals surface area contributed by atoms with Crippen molar-refractivity contribution >= 4 is 17.4 Å². The van der Waals surface area contributed by atoms with Crippen LogP contribution in [0.25, 0.3) is 0 Å². The molecule has 2 N–H and O–H groups in total. The van der Waals surface area contributed by atoms with Crippen molar-refractivity contribution in [1.29, 1.82) is 0 Å². The normalized spacial score (nSPS) is 10.9. The van der Waals surface area contributed by atoms with Gasteiger partial charge in [-0.2, -0.15) is 0 Å². The van der Waals surface area contributed by atoms with E-state index >= 15 is 0 Å². The van der Waals surface area contributed by atoms with Gasteiger partial charge in [0.25, 0.3) is 5.69 Å². The van der Waals surface area contributed by atoms with Crippen molar-refractivity contribution < 1.29 is 19.2 Å². The Morgan fingerprint density at radius 2 is 1.83 bits per heavy atom. The molecule has 0 fully saturated rings. The third-order valence-corrected chi connectivity index (χ3v) is 4.24. The maximum Gasteiger partial charge on any atom is 0.319 e. The van der Waals surface area contributed by atoms with Gasteiger partial charge in [-0.05, 0) is 35.6 Å². The number of hydrogen-bond acceptors (Lipinski definition) is 5. The quantitative estimate of drug-likeness (QED) is 0.385. The summed E-state index contributed by atoms with van der Waals surface area (Å²) in [5.74, 6) is 1.01. The molecule has 8 nitrogen and oxygen atoms in total. The molecule has 0 aliphatic heterocycles. The molecule has 0 radical (unpaired) electrons. The zero-order chi connectivity index (χ0) is 21.4.